The molecule has 0 aliphatic rings. The molecule has 0 saturated carbocycles. The monoisotopic (exact) mass is 344 g/mol. The van der Waals surface area contributed by atoms with E-state index in [-0.39, 0.29) is 0 Å². The van der Waals surface area contributed by atoms with Crippen LogP contribution in [0, 0.1) is 0 Å². The molecule has 0 radical (unpaired) electrons. The van der Waals surface area contributed by atoms with Crippen LogP contribution in [0.15, 0.2) is 12.1 Å². The summed E-state index contributed by atoms with van der Waals surface area (Å²) in [6, 6.07) is 3.07. The predicted molar refractivity (Wildman–Crippen MR) is 80.6 cm³/mol. The SMILES string of the molecule is CCCC.Nc1cc(Cl)nc(Cl)c1.O=C(O)O.O=C(O)O. The zero-order valence-electron chi connectivity index (χ0n) is 11.5. The van der Waals surface area contributed by atoms with E-state index in [1.54, 1.807) is 0 Å². The largest absolute Gasteiger partial charge is 0.503 e. The maximum Gasteiger partial charge on any atom is 0.503 e. The van der Waals surface area contributed by atoms with Crippen LogP contribution >= 0.6 is 23.2 Å². The van der Waals surface area contributed by atoms with Gasteiger partial charge in [0.1, 0.15) is 10.3 Å². The number of nitrogens with two attached hydrogens (primary N) is 1. The maximum absolute atomic E-state index is 8.56. The molecule has 10 heteroatoms. The topological polar surface area (TPSA) is 154 Å². The van der Waals surface area contributed by atoms with Crippen molar-refractivity contribution in [3.05, 3.63) is 22.4 Å². The zero-order valence-corrected chi connectivity index (χ0v) is 13.0. The summed E-state index contributed by atoms with van der Waals surface area (Å²) in [6.07, 6.45) is -1.03. The van der Waals surface area contributed by atoms with Crippen molar-refractivity contribution < 1.29 is 30.0 Å². The van der Waals surface area contributed by atoms with Gasteiger partial charge < -0.3 is 26.2 Å². The fourth-order valence-electron chi connectivity index (χ4n) is 0.483. The number of unbranched alkanes of at least 4 members (excludes halogenated alkanes) is 1. The minimum absolute atomic E-state index is 0.319. The molecular formula is C11H18Cl2N2O6. The minimum Gasteiger partial charge on any atom is -0.450 e. The molecule has 0 bridgehead atoms. The van der Waals surface area contributed by atoms with Crippen molar-refractivity contribution in [1.29, 1.82) is 0 Å². The fraction of sp³-hybridized carbons (Fsp3) is 0.364. The Morgan fingerprint density at radius 3 is 1.38 bits per heavy atom. The molecule has 0 amide bonds. The van der Waals surface area contributed by atoms with Crippen molar-refractivity contribution in [3.8, 4) is 0 Å². The average molecular weight is 345 g/mol. The Morgan fingerprint density at radius 1 is 1.00 bits per heavy atom. The summed E-state index contributed by atoms with van der Waals surface area (Å²) in [5.41, 5.74) is 5.88. The lowest BCUT2D eigenvalue weighted by Crippen LogP contribution is -1.85. The molecule has 122 valence electrons. The number of pyridine rings is 1. The smallest absolute Gasteiger partial charge is 0.450 e. The van der Waals surface area contributed by atoms with Gasteiger partial charge in [0, 0.05) is 5.69 Å². The molecule has 0 aromatic carbocycles. The number of hydrogen-bond acceptors (Lipinski definition) is 4. The first-order valence-electron chi connectivity index (χ1n) is 5.49. The third kappa shape index (κ3) is 38.1. The van der Waals surface area contributed by atoms with E-state index in [0.717, 1.165) is 0 Å². The van der Waals surface area contributed by atoms with Gasteiger partial charge >= 0.3 is 12.3 Å². The van der Waals surface area contributed by atoms with Gasteiger partial charge in [-0.3, -0.25) is 0 Å². The molecule has 1 rings (SSSR count). The van der Waals surface area contributed by atoms with Crippen molar-refractivity contribution in [2.24, 2.45) is 0 Å². The summed E-state index contributed by atoms with van der Waals surface area (Å²) >= 11 is 10.9. The zero-order chi connectivity index (χ0) is 17.4. The molecule has 8 nitrogen and oxygen atoms in total. The van der Waals surface area contributed by atoms with Crippen molar-refractivity contribution in [1.82, 2.24) is 4.98 Å². The second-order valence-electron chi connectivity index (χ2n) is 3.11. The van der Waals surface area contributed by atoms with Crippen LogP contribution in [-0.4, -0.2) is 37.7 Å². The molecule has 0 aliphatic heterocycles. The van der Waals surface area contributed by atoms with Gasteiger partial charge in [0.05, 0.1) is 0 Å². The summed E-state index contributed by atoms with van der Waals surface area (Å²) < 4.78 is 0. The molecule has 0 fully saturated rings. The van der Waals surface area contributed by atoms with Crippen LogP contribution in [0.3, 0.4) is 0 Å². The summed E-state index contributed by atoms with van der Waals surface area (Å²) in [5, 5.41) is 28.5. The molecule has 1 heterocycles. The number of rotatable bonds is 1. The molecular weight excluding hydrogens is 327 g/mol. The van der Waals surface area contributed by atoms with E-state index < -0.39 is 12.3 Å². The van der Waals surface area contributed by atoms with E-state index in [2.05, 4.69) is 18.8 Å². The van der Waals surface area contributed by atoms with Crippen LogP contribution < -0.4 is 5.73 Å². The van der Waals surface area contributed by atoms with Crippen LogP contribution in [-0.2, 0) is 0 Å². The second kappa shape index (κ2) is 16.1. The molecule has 0 saturated heterocycles. The van der Waals surface area contributed by atoms with Gasteiger partial charge in [-0.05, 0) is 12.1 Å². The highest BCUT2D eigenvalue weighted by Gasteiger charge is 1.93. The van der Waals surface area contributed by atoms with E-state index in [1.807, 2.05) is 0 Å². The van der Waals surface area contributed by atoms with Gasteiger partial charge in [0.15, 0.2) is 0 Å². The predicted octanol–water partition coefficient (Wildman–Crippen LogP) is 4.22. The van der Waals surface area contributed by atoms with Crippen molar-refractivity contribution >= 4 is 41.2 Å². The third-order valence-corrected chi connectivity index (χ3v) is 1.67. The van der Waals surface area contributed by atoms with Crippen molar-refractivity contribution in [3.63, 3.8) is 0 Å². The first-order chi connectivity index (χ1) is 9.56. The summed E-state index contributed by atoms with van der Waals surface area (Å²) in [4.78, 5) is 20.8. The number of carbonyl (C=O) groups is 2. The Kier molecular flexibility index (Phi) is 18.5. The number of nitrogens with zero attached hydrogens (tertiary/aromatic N) is 1. The van der Waals surface area contributed by atoms with Crippen molar-refractivity contribution in [2.75, 3.05) is 5.73 Å². The van der Waals surface area contributed by atoms with Gasteiger partial charge in [-0.15, -0.1) is 0 Å². The molecule has 1 aromatic heterocycles. The molecule has 0 spiro atoms. The van der Waals surface area contributed by atoms with Gasteiger partial charge in [-0.1, -0.05) is 49.9 Å². The molecule has 1 aromatic rings. The lowest BCUT2D eigenvalue weighted by molar-refractivity contribution is 0.135. The molecule has 21 heavy (non-hydrogen) atoms. The van der Waals surface area contributed by atoms with Gasteiger partial charge in [0.2, 0.25) is 0 Å². The Morgan fingerprint density at radius 2 is 1.24 bits per heavy atom. The number of aromatic nitrogens is 1. The van der Waals surface area contributed by atoms with E-state index in [1.165, 1.54) is 25.0 Å². The van der Waals surface area contributed by atoms with Gasteiger partial charge in [-0.2, -0.15) is 0 Å². The third-order valence-electron chi connectivity index (χ3n) is 1.29. The van der Waals surface area contributed by atoms with Crippen LogP contribution in [0.1, 0.15) is 26.7 Å². The fourth-order valence-corrected chi connectivity index (χ4v) is 0.961. The lowest BCUT2D eigenvalue weighted by Gasteiger charge is -1.92. The van der Waals surface area contributed by atoms with Crippen LogP contribution in [0.25, 0.3) is 0 Å². The first kappa shape index (κ1) is 24.1. The number of hydrogen-bond donors (Lipinski definition) is 5. The van der Waals surface area contributed by atoms with Crippen LogP contribution in [0.2, 0.25) is 10.3 Å². The Labute approximate surface area is 131 Å². The van der Waals surface area contributed by atoms with Crippen LogP contribution in [0.4, 0.5) is 15.3 Å². The Bertz CT molecular complexity index is 345. The van der Waals surface area contributed by atoms with E-state index in [9.17, 15) is 0 Å². The van der Waals surface area contributed by atoms with Gasteiger partial charge in [0.25, 0.3) is 0 Å². The molecule has 0 unspecified atom stereocenters. The lowest BCUT2D eigenvalue weighted by atomic mass is 10.4. The Hall–Kier alpha value is -1.93. The number of halogens is 2. The van der Waals surface area contributed by atoms with E-state index >= 15 is 0 Å². The van der Waals surface area contributed by atoms with E-state index in [4.69, 9.17) is 59.0 Å². The van der Waals surface area contributed by atoms with Gasteiger partial charge in [-0.25, -0.2) is 14.6 Å². The highest BCUT2D eigenvalue weighted by molar-refractivity contribution is 6.32. The summed E-state index contributed by atoms with van der Waals surface area (Å²) in [7, 11) is 0. The molecule has 0 atom stereocenters. The first-order valence-corrected chi connectivity index (χ1v) is 6.24. The maximum atomic E-state index is 8.56. The highest BCUT2D eigenvalue weighted by atomic mass is 35.5. The minimum atomic E-state index is -1.83. The molecule has 6 N–H and O–H groups in total. The van der Waals surface area contributed by atoms with Crippen molar-refractivity contribution in [2.45, 2.75) is 26.7 Å². The average Bonchev–Trinajstić information content (AvgIpc) is 2.25. The normalized spacial score (nSPS) is 7.81. The quantitative estimate of drug-likeness (QED) is 0.474. The number of carboxylic acid groups (broad SMARTS) is 4. The molecule has 0 aliphatic carbocycles. The Balaban J connectivity index is -0.000000230. The highest BCUT2D eigenvalue weighted by Crippen LogP contribution is 2.15. The number of nitrogen functional groups attached to an aromatic ring is 1. The number of anilines is 1. The summed E-state index contributed by atoms with van der Waals surface area (Å²) in [6.45, 7) is 4.36. The second-order valence-corrected chi connectivity index (χ2v) is 3.89. The van der Waals surface area contributed by atoms with Crippen LogP contribution in [0.5, 0.6) is 0 Å². The summed E-state index contributed by atoms with van der Waals surface area (Å²) in [5.74, 6) is 0. The standard InChI is InChI=1S/C5H4Cl2N2.C4H10.2CH2O3/c6-4-1-3(8)2-5(7)9-4;1-3-4-2;2*2-1(3)4/h1-2H,(H2,8,9);3-4H2,1-2H3;2*(H2,2,3,4). The van der Waals surface area contributed by atoms with E-state index in [0.29, 0.717) is 16.0 Å².